The summed E-state index contributed by atoms with van der Waals surface area (Å²) in [5.41, 5.74) is 4.79. The van der Waals surface area contributed by atoms with Gasteiger partial charge in [-0.2, -0.15) is 0 Å². The van der Waals surface area contributed by atoms with E-state index in [0.717, 1.165) is 76.4 Å². The van der Waals surface area contributed by atoms with E-state index < -0.39 is 14.4 Å². The molecule has 14 heteroatoms. The van der Waals surface area contributed by atoms with Gasteiger partial charge in [0.05, 0.1) is 37.9 Å². The molecule has 4 heterocycles. The number of aromatic nitrogens is 1. The standard InChI is InChI=1S/C46H68N6O7Si/c1-8-34-14-19-48-40(29-34)52-24-27-58-46(33-52)17-21-51(22-18-46)31-36-11-9-10-35(28-36)15-25-56-26-16-42(55)50(5)23-20-47-30-39(59-60(6,7)45(2,3)4)37-12-13-38(53)43-44(37)57-32-41(54)49-43/h9-14,19,28-29,39,47,53H,8,15-18,20-27,30-33H2,1-7H3,(H,49,54)/t39-/m0/s1. The molecule has 1 spiro atoms. The number of aromatic hydroxyl groups is 1. The number of anilines is 2. The number of aryl methyl sites for hydroxylation is 1. The zero-order valence-electron chi connectivity index (χ0n) is 37.0. The Balaban J connectivity index is 0.896. The van der Waals surface area contributed by atoms with Crippen molar-refractivity contribution in [3.63, 3.8) is 0 Å². The average Bonchev–Trinajstić information content (AvgIpc) is 3.22. The van der Waals surface area contributed by atoms with Crippen molar-refractivity contribution in [2.45, 2.75) is 96.2 Å². The number of carbonyl (C=O) groups is 2. The number of nitrogens with one attached hydrogen (secondary N) is 2. The van der Waals surface area contributed by atoms with Gasteiger partial charge in [-0.25, -0.2) is 4.98 Å². The molecule has 60 heavy (non-hydrogen) atoms. The van der Waals surface area contributed by atoms with Gasteiger partial charge in [0.2, 0.25) is 5.91 Å². The highest BCUT2D eigenvalue weighted by atomic mass is 28.4. The number of carbonyl (C=O) groups excluding carboxylic acids is 2. The van der Waals surface area contributed by atoms with Gasteiger partial charge in [-0.15, -0.1) is 0 Å². The molecule has 3 aliphatic rings. The largest absolute Gasteiger partial charge is 0.506 e. The minimum absolute atomic E-state index is 0.0293. The number of phenolic OH excluding ortho intramolecular Hbond substituents is 1. The van der Waals surface area contributed by atoms with Crippen LogP contribution in [0.1, 0.15) is 75.3 Å². The van der Waals surface area contributed by atoms with Crippen LogP contribution in [0.2, 0.25) is 18.1 Å². The Morgan fingerprint density at radius 1 is 1.08 bits per heavy atom. The van der Waals surface area contributed by atoms with Crippen LogP contribution >= 0.6 is 0 Å². The molecule has 328 valence electrons. The van der Waals surface area contributed by atoms with Crippen LogP contribution in [0.15, 0.2) is 54.7 Å². The molecule has 3 aromatic rings. The van der Waals surface area contributed by atoms with Crippen LogP contribution in [0.25, 0.3) is 0 Å². The van der Waals surface area contributed by atoms with Crippen molar-refractivity contribution in [3.8, 4) is 11.5 Å². The smallest absolute Gasteiger partial charge is 0.262 e. The molecule has 2 amide bonds. The third-order valence-corrected chi connectivity index (χ3v) is 17.2. The minimum atomic E-state index is -2.23. The molecule has 0 radical (unpaired) electrons. The third kappa shape index (κ3) is 11.9. The highest BCUT2D eigenvalue weighted by Crippen LogP contribution is 2.45. The van der Waals surface area contributed by atoms with Crippen LogP contribution in [0, 0.1) is 0 Å². The monoisotopic (exact) mass is 844 g/mol. The Kier molecular flexibility index (Phi) is 15.3. The quantitative estimate of drug-likeness (QED) is 0.0755. The Morgan fingerprint density at radius 3 is 2.63 bits per heavy atom. The molecule has 1 aromatic heterocycles. The maximum absolute atomic E-state index is 13.0. The zero-order chi connectivity index (χ0) is 42.9. The van der Waals surface area contributed by atoms with E-state index in [2.05, 4.69) is 103 Å². The number of piperidine rings is 1. The lowest BCUT2D eigenvalue weighted by atomic mass is 9.89. The summed E-state index contributed by atoms with van der Waals surface area (Å²) in [6.07, 6.45) is 5.70. The molecule has 3 N–H and O–H groups in total. The molecule has 2 fully saturated rings. The minimum Gasteiger partial charge on any atom is -0.506 e. The Morgan fingerprint density at radius 2 is 1.87 bits per heavy atom. The lowest BCUT2D eigenvalue weighted by molar-refractivity contribution is -0.131. The summed E-state index contributed by atoms with van der Waals surface area (Å²) in [4.78, 5) is 36.4. The van der Waals surface area contributed by atoms with E-state index in [1.165, 1.54) is 16.7 Å². The first-order chi connectivity index (χ1) is 28.6. The van der Waals surface area contributed by atoms with Gasteiger partial charge in [-0.1, -0.05) is 52.0 Å². The highest BCUT2D eigenvalue weighted by molar-refractivity contribution is 6.74. The van der Waals surface area contributed by atoms with Gasteiger partial charge in [0.1, 0.15) is 17.3 Å². The second-order valence-electron chi connectivity index (χ2n) is 18.1. The number of benzene rings is 2. The molecule has 0 bridgehead atoms. The summed E-state index contributed by atoms with van der Waals surface area (Å²) in [6, 6.07) is 16.5. The number of hydrogen-bond acceptors (Lipinski definition) is 11. The summed E-state index contributed by atoms with van der Waals surface area (Å²) in [5.74, 6) is 1.17. The predicted octanol–water partition coefficient (Wildman–Crippen LogP) is 6.31. The first-order valence-corrected chi connectivity index (χ1v) is 24.7. The molecule has 2 aromatic carbocycles. The molecular weight excluding hydrogens is 777 g/mol. The molecule has 6 rings (SSSR count). The van der Waals surface area contributed by atoms with Crippen molar-refractivity contribution in [1.82, 2.24) is 20.1 Å². The van der Waals surface area contributed by atoms with Gasteiger partial charge < -0.3 is 44.2 Å². The van der Waals surface area contributed by atoms with E-state index in [1.54, 1.807) is 17.0 Å². The lowest BCUT2D eigenvalue weighted by Crippen LogP contribution is -2.57. The number of likely N-dealkylation sites (N-methyl/N-ethyl adjacent to an activating group) is 1. The molecule has 1 atom stereocenters. The van der Waals surface area contributed by atoms with Crippen molar-refractivity contribution in [2.24, 2.45) is 0 Å². The fourth-order valence-electron chi connectivity index (χ4n) is 7.88. The van der Waals surface area contributed by atoms with Crippen LogP contribution in [0.5, 0.6) is 11.5 Å². The summed E-state index contributed by atoms with van der Waals surface area (Å²) in [6.45, 7) is 20.9. The van der Waals surface area contributed by atoms with Gasteiger partial charge in [-0.3, -0.25) is 14.5 Å². The molecule has 0 unspecified atom stereocenters. The highest BCUT2D eigenvalue weighted by Gasteiger charge is 2.41. The predicted molar refractivity (Wildman–Crippen MR) is 238 cm³/mol. The number of morpholine rings is 1. The number of ether oxygens (including phenoxy) is 3. The van der Waals surface area contributed by atoms with Crippen LogP contribution < -0.4 is 20.3 Å². The van der Waals surface area contributed by atoms with Gasteiger partial charge in [0.25, 0.3) is 5.91 Å². The van der Waals surface area contributed by atoms with Crippen molar-refractivity contribution in [3.05, 3.63) is 77.0 Å². The first-order valence-electron chi connectivity index (χ1n) is 21.8. The first kappa shape index (κ1) is 45.5. The number of hydrogen-bond donors (Lipinski definition) is 3. The maximum atomic E-state index is 13.0. The van der Waals surface area contributed by atoms with Crippen molar-refractivity contribution in [2.75, 3.05) is 89.5 Å². The Labute approximate surface area is 358 Å². The summed E-state index contributed by atoms with van der Waals surface area (Å²) >= 11 is 0. The topological polar surface area (TPSA) is 138 Å². The molecular formula is C46H68N6O7Si. The second-order valence-corrected chi connectivity index (χ2v) is 22.9. The number of phenols is 1. The zero-order valence-corrected chi connectivity index (χ0v) is 38.0. The number of amides is 2. The van der Waals surface area contributed by atoms with E-state index in [-0.39, 0.29) is 40.5 Å². The number of nitrogens with zero attached hydrogens (tertiary/aromatic N) is 4. The fraction of sp³-hybridized carbons (Fsp3) is 0.587. The number of likely N-dealkylation sites (tertiary alicyclic amines) is 1. The number of fused-ring (bicyclic) bond motifs is 1. The number of rotatable bonds is 18. The van der Waals surface area contributed by atoms with Crippen LogP contribution in [0.4, 0.5) is 11.5 Å². The van der Waals surface area contributed by atoms with E-state index in [0.29, 0.717) is 45.0 Å². The fourth-order valence-corrected chi connectivity index (χ4v) is 9.16. The van der Waals surface area contributed by atoms with Crippen LogP contribution in [-0.4, -0.2) is 125 Å². The van der Waals surface area contributed by atoms with Gasteiger partial charge in [0, 0.05) is 71.2 Å². The third-order valence-electron chi connectivity index (χ3n) is 12.7. The lowest BCUT2D eigenvalue weighted by Gasteiger charge is -2.47. The van der Waals surface area contributed by atoms with Gasteiger partial charge in [-0.05, 0) is 84.8 Å². The van der Waals surface area contributed by atoms with Crippen LogP contribution in [-0.2, 0) is 42.9 Å². The van der Waals surface area contributed by atoms with Crippen molar-refractivity contribution in [1.29, 1.82) is 0 Å². The van der Waals surface area contributed by atoms with Crippen molar-refractivity contribution >= 4 is 31.6 Å². The summed E-state index contributed by atoms with van der Waals surface area (Å²) < 4.78 is 25.1. The van der Waals surface area contributed by atoms with E-state index in [4.69, 9.17) is 18.6 Å². The number of pyridine rings is 1. The SMILES string of the molecule is CCc1ccnc(N2CCOC3(CCN(Cc4cccc(CCOCCC(=O)N(C)CCNC[C@H](O[Si](C)(C)C(C)(C)C)c5ccc(O)c6c5OCC(=O)N6)c4)CC3)C2)c1. The van der Waals surface area contributed by atoms with Crippen LogP contribution in [0.3, 0.4) is 0 Å². The van der Waals surface area contributed by atoms with E-state index in [1.807, 2.05) is 13.2 Å². The maximum Gasteiger partial charge on any atom is 0.262 e. The molecule has 3 aliphatic heterocycles. The van der Waals surface area contributed by atoms with E-state index >= 15 is 0 Å². The Bertz CT molecular complexity index is 1910. The molecule has 13 nitrogen and oxygen atoms in total. The average molecular weight is 845 g/mol. The van der Waals surface area contributed by atoms with Gasteiger partial charge >= 0.3 is 0 Å². The molecule has 0 aliphatic carbocycles. The van der Waals surface area contributed by atoms with Gasteiger partial charge in [0.15, 0.2) is 20.7 Å². The summed E-state index contributed by atoms with van der Waals surface area (Å²) in [7, 11) is -0.416. The normalized spacial score (nSPS) is 17.5. The summed E-state index contributed by atoms with van der Waals surface area (Å²) in [5, 5.41) is 16.6. The van der Waals surface area contributed by atoms with E-state index in [9.17, 15) is 14.7 Å². The molecule has 2 saturated heterocycles. The Hall–Kier alpha value is -4.05. The van der Waals surface area contributed by atoms with Crippen molar-refractivity contribution < 1.29 is 33.3 Å². The second kappa shape index (κ2) is 20.2. The molecule has 0 saturated carbocycles.